The molecule has 50 valence electrons. The van der Waals surface area contributed by atoms with Gasteiger partial charge in [0.05, 0.1) is 0 Å². The van der Waals surface area contributed by atoms with Crippen LogP contribution >= 0.6 is 0 Å². The zero-order valence-electron chi connectivity index (χ0n) is 5.67. The molecule has 1 aromatic rings. The summed E-state index contributed by atoms with van der Waals surface area (Å²) in [7, 11) is 1.63. The van der Waals surface area contributed by atoms with E-state index in [-0.39, 0.29) is 17.0 Å². The van der Waals surface area contributed by atoms with Gasteiger partial charge in [-0.15, -0.1) is 0 Å². The third-order valence-electron chi connectivity index (χ3n) is 0.990. The first-order valence-electron chi connectivity index (χ1n) is 2.66. The molecule has 4 heteroatoms. The van der Waals surface area contributed by atoms with Gasteiger partial charge >= 0.3 is 63.5 Å². The predicted octanol–water partition coefficient (Wildman–Crippen LogP) is -2.73. The normalized spacial score (nSPS) is 8.30. The summed E-state index contributed by atoms with van der Waals surface area (Å²) in [5.74, 6) is 0.707. The van der Waals surface area contributed by atoms with Crippen LogP contribution in [0.1, 0.15) is 0 Å². The largest absolute Gasteiger partial charge is 1.00 e. The zero-order chi connectivity index (χ0) is 6.69. The van der Waals surface area contributed by atoms with Gasteiger partial charge in [0.1, 0.15) is 0 Å². The van der Waals surface area contributed by atoms with E-state index in [1.54, 1.807) is 7.11 Å². The van der Waals surface area contributed by atoms with Crippen molar-refractivity contribution in [3.8, 4) is 5.88 Å². The molecule has 0 fully saturated rings. The van der Waals surface area contributed by atoms with E-state index in [0.717, 1.165) is 22.6 Å². The first-order chi connectivity index (χ1) is 4.33. The Kier molecular flexibility index (Phi) is 4.83. The second kappa shape index (κ2) is 4.81. The molecular formula is C6H6BrNOZn. The van der Waals surface area contributed by atoms with E-state index in [1.165, 1.54) is 0 Å². The van der Waals surface area contributed by atoms with Crippen molar-refractivity contribution in [2.24, 2.45) is 0 Å². The summed E-state index contributed by atoms with van der Waals surface area (Å²) in [5.41, 5.74) is 0. The minimum Gasteiger partial charge on any atom is -1.00 e. The molecule has 0 radical (unpaired) electrons. The fourth-order valence-electron chi connectivity index (χ4n) is 0.571. The molecule has 0 amide bonds. The van der Waals surface area contributed by atoms with Crippen molar-refractivity contribution in [2.75, 3.05) is 7.11 Å². The van der Waals surface area contributed by atoms with E-state index in [4.69, 9.17) is 4.74 Å². The summed E-state index contributed by atoms with van der Waals surface area (Å²) >= 11 is 1.08. The molecule has 0 saturated heterocycles. The smallest absolute Gasteiger partial charge is 1.00 e. The maximum absolute atomic E-state index is 4.90. The van der Waals surface area contributed by atoms with Gasteiger partial charge in [-0.2, -0.15) is 0 Å². The second-order valence-electron chi connectivity index (χ2n) is 1.67. The Bertz CT molecular complexity index is 207. The number of rotatable bonds is 1. The standard InChI is InChI=1S/C6H6NO.BrH.Zn/c1-8-6-4-2-3-5-7-6;;/h2-4H,1H3;1H;/q;;+1/p-1. The van der Waals surface area contributed by atoms with Crippen LogP contribution < -0.4 is 26.0 Å². The molecule has 0 unspecified atom stereocenters. The Morgan fingerprint density at radius 2 is 2.20 bits per heavy atom. The number of methoxy groups -OCH3 is 1. The number of pyridine rings is 1. The number of ether oxygens (including phenoxy) is 1. The van der Waals surface area contributed by atoms with E-state index < -0.39 is 0 Å². The average molecular weight is 253 g/mol. The monoisotopic (exact) mass is 251 g/mol. The number of halogens is 1. The second-order valence-corrected chi connectivity index (χ2v) is 3.19. The van der Waals surface area contributed by atoms with Gasteiger partial charge in [-0.3, -0.25) is 0 Å². The summed E-state index contributed by atoms with van der Waals surface area (Å²) in [5, 5.41) is 0. The molecular weight excluding hydrogens is 247 g/mol. The molecule has 2 nitrogen and oxygen atoms in total. The molecule has 0 saturated carbocycles. The Morgan fingerprint density at radius 3 is 2.60 bits per heavy atom. The Balaban J connectivity index is 0.000000810. The number of aromatic nitrogens is 1. The van der Waals surface area contributed by atoms with Crippen molar-refractivity contribution in [2.45, 2.75) is 0 Å². The van der Waals surface area contributed by atoms with Gasteiger partial charge in [0.15, 0.2) is 0 Å². The Hall–Kier alpha value is 0.0534. The minimum atomic E-state index is 0. The van der Waals surface area contributed by atoms with Gasteiger partial charge in [0.25, 0.3) is 0 Å². The van der Waals surface area contributed by atoms with E-state index in [2.05, 4.69) is 4.98 Å². The van der Waals surface area contributed by atoms with E-state index >= 15 is 0 Å². The quantitative estimate of drug-likeness (QED) is 0.507. The topological polar surface area (TPSA) is 22.1 Å². The zero-order valence-corrected chi connectivity index (χ0v) is 10.2. The van der Waals surface area contributed by atoms with Gasteiger partial charge in [-0.25, -0.2) is 0 Å². The van der Waals surface area contributed by atoms with Crippen LogP contribution in [0.4, 0.5) is 0 Å². The van der Waals surface area contributed by atoms with Crippen molar-refractivity contribution in [3.63, 3.8) is 0 Å². The molecule has 1 heterocycles. The third-order valence-corrected chi connectivity index (χ3v) is 1.82. The fraction of sp³-hybridized carbons (Fsp3) is 0.167. The van der Waals surface area contributed by atoms with Gasteiger partial charge in [0, 0.05) is 0 Å². The van der Waals surface area contributed by atoms with Crippen LogP contribution in [0.25, 0.3) is 0 Å². The van der Waals surface area contributed by atoms with Crippen molar-refractivity contribution in [3.05, 3.63) is 18.2 Å². The van der Waals surface area contributed by atoms with Crippen LogP contribution in [0.5, 0.6) is 5.88 Å². The van der Waals surface area contributed by atoms with Gasteiger partial charge in [-0.1, -0.05) is 0 Å². The molecule has 0 aliphatic rings. The van der Waals surface area contributed by atoms with Crippen LogP contribution in [-0.2, 0) is 18.3 Å². The van der Waals surface area contributed by atoms with Gasteiger partial charge in [0.2, 0.25) is 0 Å². The molecule has 0 atom stereocenters. The molecule has 1 rings (SSSR count). The first kappa shape index (κ1) is 10.1. The number of nitrogens with zero attached hydrogens (tertiary/aromatic N) is 1. The molecule has 0 spiro atoms. The minimum absolute atomic E-state index is 0. The van der Waals surface area contributed by atoms with Crippen molar-refractivity contribution >= 4 is 4.29 Å². The summed E-state index contributed by atoms with van der Waals surface area (Å²) in [4.78, 5) is 4.12. The van der Waals surface area contributed by atoms with Gasteiger partial charge < -0.3 is 17.0 Å². The van der Waals surface area contributed by atoms with Crippen LogP contribution in [0.15, 0.2) is 18.2 Å². The summed E-state index contributed by atoms with van der Waals surface area (Å²) in [6.07, 6.45) is 0. The number of hydrogen-bond donors (Lipinski definition) is 0. The van der Waals surface area contributed by atoms with Crippen molar-refractivity contribution in [1.82, 2.24) is 4.98 Å². The summed E-state index contributed by atoms with van der Waals surface area (Å²) in [6.45, 7) is 0. The van der Waals surface area contributed by atoms with E-state index in [0.29, 0.717) is 5.88 Å². The predicted molar refractivity (Wildman–Crippen MR) is 30.4 cm³/mol. The van der Waals surface area contributed by atoms with Crippen molar-refractivity contribution < 1.29 is 40.0 Å². The molecule has 0 bridgehead atoms. The Labute approximate surface area is 80.4 Å². The SMILES string of the molecule is COc1ccc[c]([Zn+])n1.[Br-]. The third kappa shape index (κ3) is 2.76. The molecule has 1 aromatic heterocycles. The maximum atomic E-state index is 4.90. The molecule has 0 aromatic carbocycles. The average Bonchev–Trinajstić information content (AvgIpc) is 1.88. The summed E-state index contributed by atoms with van der Waals surface area (Å²) < 4.78 is 6.01. The van der Waals surface area contributed by atoms with Crippen molar-refractivity contribution in [1.29, 1.82) is 0 Å². The molecule has 0 N–H and O–H groups in total. The van der Waals surface area contributed by atoms with Crippen LogP contribution in [0.2, 0.25) is 0 Å². The maximum Gasteiger partial charge on any atom is -1.00 e. The molecule has 10 heavy (non-hydrogen) atoms. The first-order valence-corrected chi connectivity index (χ1v) is 4.14. The van der Waals surface area contributed by atoms with Gasteiger partial charge in [-0.05, 0) is 0 Å². The molecule has 0 aliphatic heterocycles. The van der Waals surface area contributed by atoms with Crippen LogP contribution in [0.3, 0.4) is 0 Å². The van der Waals surface area contributed by atoms with Crippen LogP contribution in [0, 0.1) is 0 Å². The fourth-order valence-corrected chi connectivity index (χ4v) is 1.18. The van der Waals surface area contributed by atoms with Crippen LogP contribution in [-0.4, -0.2) is 12.1 Å². The summed E-state index contributed by atoms with van der Waals surface area (Å²) in [6, 6.07) is 5.78. The van der Waals surface area contributed by atoms with E-state index in [1.807, 2.05) is 18.2 Å². The number of hydrogen-bond acceptors (Lipinski definition) is 2. The van der Waals surface area contributed by atoms with E-state index in [9.17, 15) is 0 Å². The molecule has 0 aliphatic carbocycles. The Morgan fingerprint density at radius 1 is 1.50 bits per heavy atom.